The van der Waals surface area contributed by atoms with Gasteiger partial charge in [0.15, 0.2) is 0 Å². The van der Waals surface area contributed by atoms with Crippen molar-refractivity contribution in [2.45, 2.75) is 31.2 Å². The zero-order chi connectivity index (χ0) is 14.8. The third kappa shape index (κ3) is 3.13. The Morgan fingerprint density at radius 3 is 2.62 bits per heavy atom. The summed E-state index contributed by atoms with van der Waals surface area (Å²) in [6.07, 6.45) is 0.984. The summed E-state index contributed by atoms with van der Waals surface area (Å²) in [5.41, 5.74) is 4.24. The number of nitrogens with one attached hydrogen (secondary N) is 1. The lowest BCUT2D eigenvalue weighted by Crippen LogP contribution is -2.30. The molecule has 3 rings (SSSR count). The van der Waals surface area contributed by atoms with Crippen molar-refractivity contribution in [2.75, 3.05) is 5.75 Å². The summed E-state index contributed by atoms with van der Waals surface area (Å²) < 4.78 is 0. The molecule has 0 spiro atoms. The van der Waals surface area contributed by atoms with Gasteiger partial charge in [-0.2, -0.15) is 0 Å². The number of aryl methyl sites for hydroxylation is 2. The van der Waals surface area contributed by atoms with E-state index in [1.54, 1.807) is 0 Å². The number of benzene rings is 2. The fourth-order valence-electron chi connectivity index (χ4n) is 2.84. The first-order valence-corrected chi connectivity index (χ1v) is 8.23. The van der Waals surface area contributed by atoms with Gasteiger partial charge in [-0.15, -0.1) is 11.8 Å². The van der Waals surface area contributed by atoms with E-state index in [4.69, 9.17) is 0 Å². The van der Waals surface area contributed by atoms with Crippen molar-refractivity contribution in [3.05, 3.63) is 64.7 Å². The van der Waals surface area contributed by atoms with Crippen LogP contribution in [0.15, 0.2) is 47.4 Å². The van der Waals surface area contributed by atoms with Gasteiger partial charge < -0.3 is 5.32 Å². The molecule has 1 heterocycles. The van der Waals surface area contributed by atoms with Crippen molar-refractivity contribution in [1.82, 2.24) is 5.32 Å². The highest BCUT2D eigenvalue weighted by Gasteiger charge is 2.22. The van der Waals surface area contributed by atoms with E-state index in [9.17, 15) is 4.79 Å². The number of hydrogen-bond donors (Lipinski definition) is 1. The maximum atomic E-state index is 12.5. The molecule has 1 amide bonds. The van der Waals surface area contributed by atoms with Gasteiger partial charge in [-0.3, -0.25) is 4.79 Å². The maximum absolute atomic E-state index is 12.5. The lowest BCUT2D eigenvalue weighted by atomic mass is 10.0. The Balaban J connectivity index is 1.82. The second kappa shape index (κ2) is 5.94. The molecule has 2 aromatic carbocycles. The standard InChI is InChI=1S/C18H19NOS/c1-12-9-13(2)11-14(10-12)18(20)19-16-7-8-21-17-6-4-3-5-15(16)17/h3-6,9-11,16H,7-8H2,1-2H3,(H,19,20)/t16-/m1/s1. The molecule has 0 aliphatic carbocycles. The van der Waals surface area contributed by atoms with E-state index in [0.717, 1.165) is 28.9 Å². The number of fused-ring (bicyclic) bond motifs is 1. The Bertz CT molecular complexity index is 660. The van der Waals surface area contributed by atoms with Crippen molar-refractivity contribution < 1.29 is 4.79 Å². The smallest absolute Gasteiger partial charge is 0.251 e. The summed E-state index contributed by atoms with van der Waals surface area (Å²) in [6.45, 7) is 4.05. The van der Waals surface area contributed by atoms with Crippen molar-refractivity contribution in [1.29, 1.82) is 0 Å². The van der Waals surface area contributed by atoms with E-state index in [-0.39, 0.29) is 11.9 Å². The van der Waals surface area contributed by atoms with Gasteiger partial charge in [0.1, 0.15) is 0 Å². The van der Waals surface area contributed by atoms with Gasteiger partial charge in [-0.25, -0.2) is 0 Å². The predicted octanol–water partition coefficient (Wildman–Crippen LogP) is 4.27. The second-order valence-corrected chi connectivity index (χ2v) is 6.71. The largest absolute Gasteiger partial charge is 0.345 e. The number of hydrogen-bond acceptors (Lipinski definition) is 2. The summed E-state index contributed by atoms with van der Waals surface area (Å²) in [5.74, 6) is 1.07. The third-order valence-electron chi connectivity index (χ3n) is 3.75. The zero-order valence-corrected chi connectivity index (χ0v) is 13.2. The quantitative estimate of drug-likeness (QED) is 0.897. The highest BCUT2D eigenvalue weighted by Crippen LogP contribution is 2.35. The van der Waals surface area contributed by atoms with Crippen LogP contribution in [0.1, 0.15) is 39.5 Å². The minimum atomic E-state index is 0.0218. The molecule has 0 radical (unpaired) electrons. The molecule has 108 valence electrons. The number of amides is 1. The maximum Gasteiger partial charge on any atom is 0.251 e. The lowest BCUT2D eigenvalue weighted by molar-refractivity contribution is 0.0935. The molecule has 2 nitrogen and oxygen atoms in total. The van der Waals surface area contributed by atoms with Crippen molar-refractivity contribution >= 4 is 17.7 Å². The predicted molar refractivity (Wildman–Crippen MR) is 87.9 cm³/mol. The zero-order valence-electron chi connectivity index (χ0n) is 12.3. The number of carbonyl (C=O) groups is 1. The highest BCUT2D eigenvalue weighted by molar-refractivity contribution is 7.99. The number of rotatable bonds is 2. The van der Waals surface area contributed by atoms with Crippen LogP contribution in [0, 0.1) is 13.8 Å². The van der Waals surface area contributed by atoms with Crippen LogP contribution in [-0.2, 0) is 0 Å². The van der Waals surface area contributed by atoms with E-state index in [1.807, 2.05) is 43.8 Å². The van der Waals surface area contributed by atoms with Gasteiger partial charge in [0.05, 0.1) is 6.04 Å². The Morgan fingerprint density at radius 1 is 1.14 bits per heavy atom. The van der Waals surface area contributed by atoms with Gasteiger partial charge >= 0.3 is 0 Å². The van der Waals surface area contributed by atoms with E-state index >= 15 is 0 Å². The molecule has 0 unspecified atom stereocenters. The van der Waals surface area contributed by atoms with Gasteiger partial charge in [0.2, 0.25) is 0 Å². The normalized spacial score (nSPS) is 17.1. The molecule has 21 heavy (non-hydrogen) atoms. The molecule has 1 aliphatic rings. The molecule has 1 atom stereocenters. The summed E-state index contributed by atoms with van der Waals surface area (Å²) in [5, 5.41) is 3.19. The van der Waals surface area contributed by atoms with E-state index in [0.29, 0.717) is 0 Å². The van der Waals surface area contributed by atoms with E-state index < -0.39 is 0 Å². The van der Waals surface area contributed by atoms with Crippen LogP contribution in [0.25, 0.3) is 0 Å². The van der Waals surface area contributed by atoms with Gasteiger partial charge in [-0.05, 0) is 44.0 Å². The van der Waals surface area contributed by atoms with Gasteiger partial charge in [-0.1, -0.05) is 35.4 Å². The Hall–Kier alpha value is -1.74. The van der Waals surface area contributed by atoms with E-state index in [1.165, 1.54) is 10.5 Å². The topological polar surface area (TPSA) is 29.1 Å². The lowest BCUT2D eigenvalue weighted by Gasteiger charge is -2.26. The first-order valence-electron chi connectivity index (χ1n) is 7.24. The minimum absolute atomic E-state index is 0.0218. The molecule has 2 aromatic rings. The molecular weight excluding hydrogens is 278 g/mol. The van der Waals surface area contributed by atoms with Crippen LogP contribution < -0.4 is 5.32 Å². The molecule has 3 heteroatoms. The second-order valence-electron chi connectivity index (χ2n) is 5.58. The summed E-state index contributed by atoms with van der Waals surface area (Å²) in [7, 11) is 0. The molecule has 0 fully saturated rings. The highest BCUT2D eigenvalue weighted by atomic mass is 32.2. The van der Waals surface area contributed by atoms with Crippen LogP contribution in [0.5, 0.6) is 0 Å². The van der Waals surface area contributed by atoms with Crippen molar-refractivity contribution in [2.24, 2.45) is 0 Å². The molecule has 0 bridgehead atoms. The summed E-state index contributed by atoms with van der Waals surface area (Å²) >= 11 is 1.87. The fraction of sp³-hybridized carbons (Fsp3) is 0.278. The van der Waals surface area contributed by atoms with Crippen molar-refractivity contribution in [3.8, 4) is 0 Å². The number of carbonyl (C=O) groups excluding carboxylic acids is 1. The minimum Gasteiger partial charge on any atom is -0.345 e. The molecule has 1 aliphatic heterocycles. The van der Waals surface area contributed by atoms with Gasteiger partial charge in [0, 0.05) is 16.2 Å². The van der Waals surface area contributed by atoms with Gasteiger partial charge in [0.25, 0.3) is 5.91 Å². The SMILES string of the molecule is Cc1cc(C)cc(C(=O)N[C@@H]2CCSc3ccccc32)c1. The average Bonchev–Trinajstić information content (AvgIpc) is 2.46. The van der Waals surface area contributed by atoms with Crippen LogP contribution in [0.4, 0.5) is 0 Å². The summed E-state index contributed by atoms with van der Waals surface area (Å²) in [4.78, 5) is 13.8. The third-order valence-corrected chi connectivity index (χ3v) is 4.87. The first kappa shape index (κ1) is 14.2. The monoisotopic (exact) mass is 297 g/mol. The molecule has 1 N–H and O–H groups in total. The van der Waals surface area contributed by atoms with Crippen LogP contribution in [-0.4, -0.2) is 11.7 Å². The Morgan fingerprint density at radius 2 is 1.86 bits per heavy atom. The average molecular weight is 297 g/mol. The van der Waals surface area contributed by atoms with E-state index in [2.05, 4.69) is 29.6 Å². The molecule has 0 saturated heterocycles. The van der Waals surface area contributed by atoms with Crippen LogP contribution in [0.3, 0.4) is 0 Å². The first-order chi connectivity index (χ1) is 10.1. The molecule has 0 saturated carbocycles. The van der Waals surface area contributed by atoms with Crippen molar-refractivity contribution in [3.63, 3.8) is 0 Å². The molecular formula is C18H19NOS. The Labute approximate surface area is 130 Å². The van der Waals surface area contributed by atoms with Crippen LogP contribution in [0.2, 0.25) is 0 Å². The Kier molecular flexibility index (Phi) is 4.02. The fourth-order valence-corrected chi connectivity index (χ4v) is 3.96. The summed E-state index contributed by atoms with van der Waals surface area (Å²) in [6, 6.07) is 14.5. The van der Waals surface area contributed by atoms with Crippen LogP contribution >= 0.6 is 11.8 Å². The molecule has 0 aromatic heterocycles. The number of thioether (sulfide) groups is 1.